The first-order chi connectivity index (χ1) is 13.5. The smallest absolute Gasteiger partial charge is 0.356 e. The van der Waals surface area contributed by atoms with Gasteiger partial charge in [-0.1, -0.05) is 39.7 Å². The number of carbonyl (C=O) groups is 2. The molecule has 1 aliphatic rings. The molecular formula is C20H15BrClN3O3. The van der Waals surface area contributed by atoms with Gasteiger partial charge in [0.05, 0.1) is 28.5 Å². The standard InChI is InChI=1S/C20H15BrClN3O3/c21-12-5-7-13(8-6-12)25-17-9-10-24(11-15(17)18(23-25)20(27)28)19(26)14-3-1-2-4-16(14)22/h1-8H,9-11H2,(H,27,28). The van der Waals surface area contributed by atoms with E-state index in [2.05, 4.69) is 21.0 Å². The number of aromatic carboxylic acids is 1. The molecule has 0 spiro atoms. The molecule has 4 rings (SSSR count). The molecule has 1 aliphatic heterocycles. The van der Waals surface area contributed by atoms with Gasteiger partial charge in [-0.15, -0.1) is 0 Å². The van der Waals surface area contributed by atoms with Gasteiger partial charge >= 0.3 is 5.97 Å². The molecule has 0 atom stereocenters. The van der Waals surface area contributed by atoms with Crippen LogP contribution in [0.4, 0.5) is 0 Å². The average molecular weight is 461 g/mol. The van der Waals surface area contributed by atoms with E-state index in [1.54, 1.807) is 33.8 Å². The first-order valence-corrected chi connectivity index (χ1v) is 9.76. The van der Waals surface area contributed by atoms with E-state index >= 15 is 0 Å². The number of nitrogens with zero attached hydrogens (tertiary/aromatic N) is 3. The van der Waals surface area contributed by atoms with Crippen molar-refractivity contribution in [1.29, 1.82) is 0 Å². The molecular weight excluding hydrogens is 446 g/mol. The Morgan fingerprint density at radius 2 is 1.82 bits per heavy atom. The molecule has 2 heterocycles. The predicted molar refractivity (Wildman–Crippen MR) is 108 cm³/mol. The zero-order chi connectivity index (χ0) is 19.8. The molecule has 0 fully saturated rings. The summed E-state index contributed by atoms with van der Waals surface area (Å²) in [5.41, 5.74) is 2.52. The van der Waals surface area contributed by atoms with Gasteiger partial charge in [-0.25, -0.2) is 9.48 Å². The van der Waals surface area contributed by atoms with E-state index in [9.17, 15) is 14.7 Å². The molecule has 6 nitrogen and oxygen atoms in total. The zero-order valence-electron chi connectivity index (χ0n) is 14.6. The molecule has 1 aromatic heterocycles. The fraction of sp³-hybridized carbons (Fsp3) is 0.150. The van der Waals surface area contributed by atoms with Crippen molar-refractivity contribution in [2.75, 3.05) is 6.54 Å². The van der Waals surface area contributed by atoms with Crippen LogP contribution < -0.4 is 0 Å². The Kier molecular flexibility index (Phi) is 4.95. The lowest BCUT2D eigenvalue weighted by Crippen LogP contribution is -2.36. The number of carbonyl (C=O) groups excluding carboxylic acids is 1. The van der Waals surface area contributed by atoms with Crippen molar-refractivity contribution in [3.05, 3.63) is 80.5 Å². The van der Waals surface area contributed by atoms with Gasteiger partial charge in [0, 0.05) is 23.0 Å². The van der Waals surface area contributed by atoms with Gasteiger partial charge in [-0.3, -0.25) is 4.79 Å². The molecule has 1 N–H and O–H groups in total. The van der Waals surface area contributed by atoms with Crippen molar-refractivity contribution >= 4 is 39.4 Å². The molecule has 0 saturated carbocycles. The molecule has 0 bridgehead atoms. The topological polar surface area (TPSA) is 75.4 Å². The summed E-state index contributed by atoms with van der Waals surface area (Å²) in [6.45, 7) is 0.635. The van der Waals surface area contributed by atoms with Gasteiger partial charge < -0.3 is 10.0 Å². The number of rotatable bonds is 3. The molecule has 3 aromatic rings. The summed E-state index contributed by atoms with van der Waals surface area (Å²) in [5, 5.41) is 14.3. The summed E-state index contributed by atoms with van der Waals surface area (Å²) < 4.78 is 2.58. The first-order valence-electron chi connectivity index (χ1n) is 8.59. The number of aromatic nitrogens is 2. The van der Waals surface area contributed by atoms with E-state index in [4.69, 9.17) is 11.6 Å². The van der Waals surface area contributed by atoms with E-state index in [1.165, 1.54) is 0 Å². The lowest BCUT2D eigenvalue weighted by molar-refractivity contribution is 0.0674. The zero-order valence-corrected chi connectivity index (χ0v) is 16.9. The number of amides is 1. The van der Waals surface area contributed by atoms with Crippen molar-refractivity contribution in [3.8, 4) is 5.69 Å². The molecule has 0 aliphatic carbocycles. The molecule has 0 radical (unpaired) electrons. The number of halogens is 2. The molecule has 1 amide bonds. The molecule has 0 saturated heterocycles. The van der Waals surface area contributed by atoms with Crippen molar-refractivity contribution in [3.63, 3.8) is 0 Å². The van der Waals surface area contributed by atoms with E-state index in [-0.39, 0.29) is 18.1 Å². The Morgan fingerprint density at radius 3 is 2.50 bits per heavy atom. The van der Waals surface area contributed by atoms with Gasteiger partial charge in [0.25, 0.3) is 5.91 Å². The number of hydrogen-bond acceptors (Lipinski definition) is 3. The van der Waals surface area contributed by atoms with Crippen LogP contribution in [0.3, 0.4) is 0 Å². The monoisotopic (exact) mass is 459 g/mol. The van der Waals surface area contributed by atoms with Crippen LogP contribution in [0.2, 0.25) is 5.02 Å². The molecule has 28 heavy (non-hydrogen) atoms. The second-order valence-electron chi connectivity index (χ2n) is 6.42. The van der Waals surface area contributed by atoms with E-state index in [0.717, 1.165) is 15.9 Å². The third kappa shape index (κ3) is 3.31. The predicted octanol–water partition coefficient (Wildman–Crippen LogP) is 4.18. The second-order valence-corrected chi connectivity index (χ2v) is 7.75. The van der Waals surface area contributed by atoms with Crippen LogP contribution >= 0.6 is 27.5 Å². The Balaban J connectivity index is 1.72. The van der Waals surface area contributed by atoms with E-state index in [1.807, 2.05) is 24.3 Å². The highest BCUT2D eigenvalue weighted by atomic mass is 79.9. The third-order valence-corrected chi connectivity index (χ3v) is 5.58. The second kappa shape index (κ2) is 7.41. The van der Waals surface area contributed by atoms with Gasteiger partial charge in [-0.05, 0) is 36.4 Å². The molecule has 0 unspecified atom stereocenters. The molecule has 2 aromatic carbocycles. The summed E-state index contributed by atoms with van der Waals surface area (Å²) in [6.07, 6.45) is 0.502. The number of carboxylic acid groups (broad SMARTS) is 1. The van der Waals surface area contributed by atoms with Crippen molar-refractivity contribution < 1.29 is 14.7 Å². The number of carboxylic acids is 1. The minimum atomic E-state index is -1.11. The minimum absolute atomic E-state index is 0.0328. The van der Waals surface area contributed by atoms with Crippen molar-refractivity contribution in [2.45, 2.75) is 13.0 Å². The van der Waals surface area contributed by atoms with Crippen LogP contribution in [0.5, 0.6) is 0 Å². The lowest BCUT2D eigenvalue weighted by atomic mass is 10.0. The van der Waals surface area contributed by atoms with Crippen LogP contribution in [-0.4, -0.2) is 38.2 Å². The summed E-state index contributed by atoms with van der Waals surface area (Å²) in [7, 11) is 0. The first kappa shape index (κ1) is 18.7. The molecule has 142 valence electrons. The Bertz CT molecular complexity index is 1080. The Labute approximate surface area is 174 Å². The van der Waals surface area contributed by atoms with Gasteiger partial charge in [0.1, 0.15) is 0 Å². The van der Waals surface area contributed by atoms with Crippen molar-refractivity contribution in [1.82, 2.24) is 14.7 Å². The normalized spacial score (nSPS) is 13.3. The lowest BCUT2D eigenvalue weighted by Gasteiger charge is -2.28. The maximum absolute atomic E-state index is 12.9. The highest BCUT2D eigenvalue weighted by Crippen LogP contribution is 2.28. The van der Waals surface area contributed by atoms with E-state index < -0.39 is 5.97 Å². The third-order valence-electron chi connectivity index (χ3n) is 4.72. The van der Waals surface area contributed by atoms with Crippen LogP contribution in [0.25, 0.3) is 5.69 Å². The quantitative estimate of drug-likeness (QED) is 0.636. The molecule has 8 heteroatoms. The summed E-state index contributed by atoms with van der Waals surface area (Å²) in [4.78, 5) is 26.3. The maximum atomic E-state index is 12.9. The summed E-state index contributed by atoms with van der Waals surface area (Å²) >= 11 is 9.55. The highest BCUT2D eigenvalue weighted by Gasteiger charge is 2.31. The van der Waals surface area contributed by atoms with Crippen LogP contribution in [0.1, 0.15) is 32.1 Å². The SMILES string of the molecule is O=C(O)c1nn(-c2ccc(Br)cc2)c2c1CN(C(=O)c1ccccc1Cl)CC2. The van der Waals surface area contributed by atoms with Gasteiger partial charge in [0.15, 0.2) is 5.69 Å². The largest absolute Gasteiger partial charge is 0.476 e. The van der Waals surface area contributed by atoms with Gasteiger partial charge in [-0.2, -0.15) is 5.10 Å². The highest BCUT2D eigenvalue weighted by molar-refractivity contribution is 9.10. The Morgan fingerprint density at radius 1 is 1.11 bits per heavy atom. The van der Waals surface area contributed by atoms with Crippen molar-refractivity contribution in [2.24, 2.45) is 0 Å². The summed E-state index contributed by atoms with van der Waals surface area (Å²) in [5.74, 6) is -1.33. The van der Waals surface area contributed by atoms with Gasteiger partial charge in [0.2, 0.25) is 0 Å². The summed E-state index contributed by atoms with van der Waals surface area (Å²) in [6, 6.07) is 14.3. The minimum Gasteiger partial charge on any atom is -0.476 e. The Hall–Kier alpha value is -2.64. The average Bonchev–Trinajstić information content (AvgIpc) is 3.07. The number of hydrogen-bond donors (Lipinski definition) is 1. The number of benzene rings is 2. The fourth-order valence-corrected chi connectivity index (χ4v) is 3.85. The van der Waals surface area contributed by atoms with E-state index in [0.29, 0.717) is 29.1 Å². The van der Waals surface area contributed by atoms with Crippen LogP contribution in [0, 0.1) is 0 Å². The van der Waals surface area contributed by atoms with Crippen LogP contribution in [-0.2, 0) is 13.0 Å². The maximum Gasteiger partial charge on any atom is 0.356 e. The number of fused-ring (bicyclic) bond motifs is 1. The van der Waals surface area contributed by atoms with Crippen LogP contribution in [0.15, 0.2) is 53.0 Å². The fourth-order valence-electron chi connectivity index (χ4n) is 3.36.